The Labute approximate surface area is 114 Å². The molecule has 0 heterocycles. The monoisotopic (exact) mass is 284 g/mol. The zero-order chi connectivity index (χ0) is 13.9. The van der Waals surface area contributed by atoms with Gasteiger partial charge in [-0.15, -0.1) is 0 Å². The SMILES string of the molecule is CNS(=O)(=O)c1ccc(N)c(OCCC2CCC2)c1. The molecule has 0 atom stereocenters. The molecule has 19 heavy (non-hydrogen) atoms. The largest absolute Gasteiger partial charge is 0.491 e. The average Bonchev–Trinajstić information content (AvgIpc) is 2.34. The molecule has 1 aromatic rings. The third-order valence-electron chi connectivity index (χ3n) is 3.57. The van der Waals surface area contributed by atoms with Gasteiger partial charge in [0.25, 0.3) is 0 Å². The minimum absolute atomic E-state index is 0.169. The molecule has 6 heteroatoms. The molecule has 0 aromatic heterocycles. The molecule has 0 spiro atoms. The normalized spacial score (nSPS) is 16.1. The van der Waals surface area contributed by atoms with E-state index in [1.807, 2.05) is 0 Å². The van der Waals surface area contributed by atoms with E-state index in [1.54, 1.807) is 6.07 Å². The number of nitrogen functional groups attached to an aromatic ring is 1. The van der Waals surface area contributed by atoms with Gasteiger partial charge in [0.2, 0.25) is 10.0 Å². The van der Waals surface area contributed by atoms with Crippen molar-refractivity contribution in [2.75, 3.05) is 19.4 Å². The molecule has 0 radical (unpaired) electrons. The maximum Gasteiger partial charge on any atom is 0.240 e. The Bertz CT molecular complexity index is 539. The predicted molar refractivity (Wildman–Crippen MR) is 74.6 cm³/mol. The number of hydrogen-bond acceptors (Lipinski definition) is 4. The van der Waals surface area contributed by atoms with E-state index in [1.165, 1.54) is 38.4 Å². The zero-order valence-electron chi connectivity index (χ0n) is 11.1. The first kappa shape index (κ1) is 14.1. The number of hydrogen-bond donors (Lipinski definition) is 2. The number of benzene rings is 1. The molecule has 1 aliphatic rings. The van der Waals surface area contributed by atoms with E-state index in [-0.39, 0.29) is 4.90 Å². The number of nitrogens with two attached hydrogens (primary N) is 1. The number of sulfonamides is 1. The molecule has 3 N–H and O–H groups in total. The molecule has 106 valence electrons. The summed E-state index contributed by atoms with van der Waals surface area (Å²) in [4.78, 5) is 0.169. The van der Waals surface area contributed by atoms with Crippen molar-refractivity contribution in [3.8, 4) is 5.75 Å². The number of anilines is 1. The quantitative estimate of drug-likeness (QED) is 0.780. The lowest BCUT2D eigenvalue weighted by molar-refractivity contribution is 0.222. The molecule has 1 fully saturated rings. The van der Waals surface area contributed by atoms with E-state index >= 15 is 0 Å². The summed E-state index contributed by atoms with van der Waals surface area (Å²) in [6, 6.07) is 4.50. The van der Waals surface area contributed by atoms with Crippen LogP contribution in [0.2, 0.25) is 0 Å². The van der Waals surface area contributed by atoms with Crippen molar-refractivity contribution in [1.82, 2.24) is 4.72 Å². The molecule has 5 nitrogen and oxygen atoms in total. The van der Waals surface area contributed by atoms with Gasteiger partial charge in [-0.2, -0.15) is 0 Å². The lowest BCUT2D eigenvalue weighted by Crippen LogP contribution is -2.19. The Morgan fingerprint density at radius 1 is 1.42 bits per heavy atom. The van der Waals surface area contributed by atoms with Gasteiger partial charge in [-0.3, -0.25) is 0 Å². The van der Waals surface area contributed by atoms with E-state index in [2.05, 4.69) is 4.72 Å². The van der Waals surface area contributed by atoms with Crippen molar-refractivity contribution >= 4 is 15.7 Å². The molecule has 1 saturated carbocycles. The molecular formula is C13H20N2O3S. The van der Waals surface area contributed by atoms with Gasteiger partial charge in [-0.1, -0.05) is 19.3 Å². The predicted octanol–water partition coefficient (Wildman–Crippen LogP) is 1.75. The van der Waals surface area contributed by atoms with Crippen LogP contribution < -0.4 is 15.2 Å². The number of ether oxygens (including phenoxy) is 1. The third-order valence-corrected chi connectivity index (χ3v) is 4.98. The minimum Gasteiger partial charge on any atom is -0.491 e. The van der Waals surface area contributed by atoms with Crippen LogP contribution in [0.15, 0.2) is 23.1 Å². The summed E-state index contributed by atoms with van der Waals surface area (Å²) in [6.45, 7) is 0.581. The van der Waals surface area contributed by atoms with Crippen LogP contribution in [0.25, 0.3) is 0 Å². The fourth-order valence-electron chi connectivity index (χ4n) is 2.04. The van der Waals surface area contributed by atoms with Gasteiger partial charge in [0.15, 0.2) is 0 Å². The summed E-state index contributed by atoms with van der Waals surface area (Å²) in [7, 11) is -2.08. The van der Waals surface area contributed by atoms with Gasteiger partial charge in [0, 0.05) is 6.07 Å². The van der Waals surface area contributed by atoms with E-state index < -0.39 is 10.0 Å². The summed E-state index contributed by atoms with van der Waals surface area (Å²) >= 11 is 0. The van der Waals surface area contributed by atoms with Gasteiger partial charge >= 0.3 is 0 Å². The summed E-state index contributed by atoms with van der Waals surface area (Å²) in [5, 5.41) is 0. The van der Waals surface area contributed by atoms with Crippen LogP contribution in [-0.2, 0) is 10.0 Å². The molecule has 2 rings (SSSR count). The highest BCUT2D eigenvalue weighted by molar-refractivity contribution is 7.89. The Morgan fingerprint density at radius 3 is 2.74 bits per heavy atom. The fraction of sp³-hybridized carbons (Fsp3) is 0.538. The average molecular weight is 284 g/mol. The molecule has 1 aromatic carbocycles. The maximum absolute atomic E-state index is 11.7. The summed E-state index contributed by atoms with van der Waals surface area (Å²) in [5.41, 5.74) is 6.26. The third kappa shape index (κ3) is 3.39. The van der Waals surface area contributed by atoms with Crippen molar-refractivity contribution in [2.45, 2.75) is 30.6 Å². The van der Waals surface area contributed by atoms with Crippen LogP contribution in [0.3, 0.4) is 0 Å². The van der Waals surface area contributed by atoms with E-state index in [9.17, 15) is 8.42 Å². The molecule has 0 saturated heterocycles. The molecule has 0 bridgehead atoms. The van der Waals surface area contributed by atoms with Gasteiger partial charge in [-0.05, 0) is 31.5 Å². The second kappa shape index (κ2) is 5.79. The lowest BCUT2D eigenvalue weighted by atomic mass is 9.83. The summed E-state index contributed by atoms with van der Waals surface area (Å²) in [6.07, 6.45) is 4.85. The Hall–Kier alpha value is -1.27. The first-order chi connectivity index (χ1) is 9.03. The maximum atomic E-state index is 11.7. The summed E-state index contributed by atoms with van der Waals surface area (Å²) < 4.78 is 31.3. The Balaban J connectivity index is 2.04. The standard InChI is InChI=1S/C13H20N2O3S/c1-15-19(16,17)11-5-6-12(14)13(9-11)18-8-7-10-3-2-4-10/h5-6,9-10,15H,2-4,7-8,14H2,1H3. The second-order valence-electron chi connectivity index (χ2n) is 4.84. The number of rotatable bonds is 6. The van der Waals surface area contributed by atoms with Gasteiger partial charge in [0.05, 0.1) is 17.2 Å². The van der Waals surface area contributed by atoms with Crippen molar-refractivity contribution in [1.29, 1.82) is 0 Å². The van der Waals surface area contributed by atoms with Gasteiger partial charge in [0.1, 0.15) is 5.75 Å². The highest BCUT2D eigenvalue weighted by atomic mass is 32.2. The van der Waals surface area contributed by atoms with Crippen LogP contribution in [0.4, 0.5) is 5.69 Å². The smallest absolute Gasteiger partial charge is 0.240 e. The molecule has 0 aliphatic heterocycles. The Morgan fingerprint density at radius 2 is 2.16 bits per heavy atom. The van der Waals surface area contributed by atoms with Crippen molar-refractivity contribution in [2.24, 2.45) is 5.92 Å². The fourth-order valence-corrected chi connectivity index (χ4v) is 2.79. The molecular weight excluding hydrogens is 264 g/mol. The molecule has 0 amide bonds. The van der Waals surface area contributed by atoms with Crippen LogP contribution in [-0.4, -0.2) is 22.1 Å². The highest BCUT2D eigenvalue weighted by Gasteiger charge is 2.18. The summed E-state index contributed by atoms with van der Waals surface area (Å²) in [5.74, 6) is 1.20. The number of nitrogens with one attached hydrogen (secondary N) is 1. The zero-order valence-corrected chi connectivity index (χ0v) is 11.9. The first-order valence-corrected chi connectivity index (χ1v) is 7.97. The van der Waals surface area contributed by atoms with Crippen LogP contribution >= 0.6 is 0 Å². The Kier molecular flexibility index (Phi) is 4.31. The van der Waals surface area contributed by atoms with Gasteiger partial charge in [-0.25, -0.2) is 13.1 Å². The minimum atomic E-state index is -3.46. The van der Waals surface area contributed by atoms with Crippen LogP contribution in [0.5, 0.6) is 5.75 Å². The van der Waals surface area contributed by atoms with Crippen molar-refractivity contribution in [3.05, 3.63) is 18.2 Å². The van der Waals surface area contributed by atoms with E-state index in [4.69, 9.17) is 10.5 Å². The van der Waals surface area contributed by atoms with Crippen LogP contribution in [0.1, 0.15) is 25.7 Å². The lowest BCUT2D eigenvalue weighted by Gasteiger charge is -2.25. The second-order valence-corrected chi connectivity index (χ2v) is 6.73. The van der Waals surface area contributed by atoms with Gasteiger partial charge < -0.3 is 10.5 Å². The molecule has 0 unspecified atom stereocenters. The molecule has 1 aliphatic carbocycles. The first-order valence-electron chi connectivity index (χ1n) is 6.49. The van der Waals surface area contributed by atoms with Crippen molar-refractivity contribution in [3.63, 3.8) is 0 Å². The highest BCUT2D eigenvalue weighted by Crippen LogP contribution is 2.30. The topological polar surface area (TPSA) is 81.4 Å². The van der Waals surface area contributed by atoms with E-state index in [0.717, 1.165) is 12.3 Å². The van der Waals surface area contributed by atoms with Crippen LogP contribution in [0, 0.1) is 5.92 Å². The van der Waals surface area contributed by atoms with Crippen molar-refractivity contribution < 1.29 is 13.2 Å². The van der Waals surface area contributed by atoms with E-state index in [0.29, 0.717) is 18.0 Å².